The Kier molecular flexibility index (Phi) is 6.53. The number of anilines is 1. The van der Waals surface area contributed by atoms with Crippen LogP contribution in [-0.2, 0) is 4.74 Å². The highest BCUT2D eigenvalue weighted by Crippen LogP contribution is 2.29. The molecule has 0 saturated carbocycles. The number of ether oxygens (including phenoxy) is 3. The third-order valence-corrected chi connectivity index (χ3v) is 5.64. The van der Waals surface area contributed by atoms with E-state index in [0.717, 1.165) is 32.1 Å². The van der Waals surface area contributed by atoms with E-state index in [1.807, 2.05) is 0 Å². The maximum absolute atomic E-state index is 13.1. The van der Waals surface area contributed by atoms with Crippen molar-refractivity contribution >= 4 is 17.6 Å². The second-order valence-corrected chi connectivity index (χ2v) is 8.24. The maximum Gasteiger partial charge on any atom is 0.272 e. The summed E-state index contributed by atoms with van der Waals surface area (Å²) in [6.07, 6.45) is 4.10. The topological polar surface area (TPSA) is 103 Å². The summed E-state index contributed by atoms with van der Waals surface area (Å²) >= 11 is 0. The van der Waals surface area contributed by atoms with Crippen LogP contribution in [-0.4, -0.2) is 59.1 Å². The van der Waals surface area contributed by atoms with Crippen molar-refractivity contribution in [1.82, 2.24) is 14.9 Å². The Labute approximate surface area is 200 Å². The molecule has 10 heteroatoms. The number of hydrogen-bond acceptors (Lipinski definition) is 7. The molecular weight excluding hydrogens is 455 g/mol. The number of likely N-dealkylation sites (tertiary alicyclic amines) is 1. The zero-order valence-corrected chi connectivity index (χ0v) is 18.8. The number of nitrogens with zero attached hydrogens (tertiary/aromatic N) is 3. The van der Waals surface area contributed by atoms with Crippen LogP contribution in [0.3, 0.4) is 0 Å². The Hall–Kier alpha value is -4.05. The number of halogens is 1. The predicted molar refractivity (Wildman–Crippen MR) is 123 cm³/mol. The Bertz CT molecular complexity index is 1210. The van der Waals surface area contributed by atoms with Gasteiger partial charge in [-0.25, -0.2) is 14.4 Å². The van der Waals surface area contributed by atoms with Crippen LogP contribution in [0.25, 0.3) is 0 Å². The second-order valence-electron chi connectivity index (χ2n) is 8.24. The number of rotatable bonds is 7. The molecule has 1 aromatic carbocycles. The quantitative estimate of drug-likeness (QED) is 0.553. The Morgan fingerprint density at radius 3 is 2.54 bits per heavy atom. The van der Waals surface area contributed by atoms with Crippen LogP contribution < -0.4 is 14.8 Å². The summed E-state index contributed by atoms with van der Waals surface area (Å²) in [5, 5.41) is 2.63. The molecule has 1 N–H and O–H groups in total. The van der Waals surface area contributed by atoms with Crippen molar-refractivity contribution in [3.63, 3.8) is 0 Å². The Morgan fingerprint density at radius 2 is 1.89 bits per heavy atom. The summed E-state index contributed by atoms with van der Waals surface area (Å²) in [6.45, 7) is 2.56. The van der Waals surface area contributed by atoms with Gasteiger partial charge in [0.15, 0.2) is 0 Å². The highest BCUT2D eigenvalue weighted by Gasteiger charge is 2.23. The van der Waals surface area contributed by atoms with E-state index in [1.54, 1.807) is 35.2 Å². The molecule has 5 rings (SSSR count). The Balaban J connectivity index is 1.35. The molecule has 2 fully saturated rings. The van der Waals surface area contributed by atoms with Gasteiger partial charge < -0.3 is 24.4 Å². The van der Waals surface area contributed by atoms with Gasteiger partial charge in [0.25, 0.3) is 11.8 Å². The van der Waals surface area contributed by atoms with Gasteiger partial charge in [-0.05, 0) is 42.8 Å². The minimum absolute atomic E-state index is 0.106. The molecule has 2 saturated heterocycles. The second kappa shape index (κ2) is 10.1. The number of pyridine rings is 2. The van der Waals surface area contributed by atoms with Gasteiger partial charge in [0.05, 0.1) is 25.6 Å². The van der Waals surface area contributed by atoms with Crippen molar-refractivity contribution < 1.29 is 28.2 Å². The van der Waals surface area contributed by atoms with E-state index in [0.29, 0.717) is 36.2 Å². The van der Waals surface area contributed by atoms with Crippen molar-refractivity contribution in [3.8, 4) is 17.2 Å². The molecule has 1 atom stereocenters. The van der Waals surface area contributed by atoms with Crippen LogP contribution in [0.1, 0.15) is 33.7 Å². The normalized spacial score (nSPS) is 16.9. The Morgan fingerprint density at radius 1 is 1.03 bits per heavy atom. The lowest BCUT2D eigenvalue weighted by atomic mass is 10.1. The van der Waals surface area contributed by atoms with Gasteiger partial charge in [-0.2, -0.15) is 0 Å². The van der Waals surface area contributed by atoms with E-state index in [2.05, 4.69) is 15.3 Å². The predicted octanol–water partition coefficient (Wildman–Crippen LogP) is 3.67. The van der Waals surface area contributed by atoms with Crippen LogP contribution in [0.5, 0.6) is 17.2 Å². The molecule has 4 heterocycles. The number of amides is 2. The zero-order valence-electron chi connectivity index (χ0n) is 18.8. The molecule has 35 heavy (non-hydrogen) atoms. The summed E-state index contributed by atoms with van der Waals surface area (Å²) in [6, 6.07) is 10.7. The molecule has 3 aromatic rings. The minimum Gasteiger partial charge on any atom is -0.488 e. The molecule has 2 amide bonds. The molecule has 0 aliphatic carbocycles. The van der Waals surface area contributed by atoms with Gasteiger partial charge in [-0.15, -0.1) is 0 Å². The average Bonchev–Trinajstić information content (AvgIpc) is 3.33. The van der Waals surface area contributed by atoms with Crippen LogP contribution in [0.15, 0.2) is 54.9 Å². The number of benzene rings is 1. The lowest BCUT2D eigenvalue weighted by molar-refractivity contribution is 0.0645. The number of nitrogens with one attached hydrogen (secondary N) is 1. The fraction of sp³-hybridized carbons (Fsp3) is 0.280. The molecule has 0 spiro atoms. The van der Waals surface area contributed by atoms with Gasteiger partial charge in [-0.3, -0.25) is 9.59 Å². The fourth-order valence-corrected chi connectivity index (χ4v) is 3.65. The smallest absolute Gasteiger partial charge is 0.272 e. The molecule has 0 unspecified atom stereocenters. The van der Waals surface area contributed by atoms with E-state index in [9.17, 15) is 14.0 Å². The highest BCUT2D eigenvalue weighted by atomic mass is 19.1. The van der Waals surface area contributed by atoms with E-state index in [4.69, 9.17) is 14.2 Å². The van der Waals surface area contributed by atoms with Gasteiger partial charge in [0.2, 0.25) is 0 Å². The lowest BCUT2D eigenvalue weighted by Gasteiger charge is -2.30. The SMILES string of the molecule is O=C(Nc1ccc(F)cn1)c1cc(Oc2ccc(C(=O)N3CCC3)nc2)cc(O[C@H]2CCOC2)c1. The summed E-state index contributed by atoms with van der Waals surface area (Å²) in [5.41, 5.74) is 0.613. The maximum atomic E-state index is 13.1. The van der Waals surface area contributed by atoms with Crippen LogP contribution >= 0.6 is 0 Å². The summed E-state index contributed by atoms with van der Waals surface area (Å²) in [5.74, 6) is 0.328. The fourth-order valence-electron chi connectivity index (χ4n) is 3.65. The first-order valence-electron chi connectivity index (χ1n) is 11.3. The molecule has 0 bridgehead atoms. The van der Waals surface area contributed by atoms with E-state index in [1.165, 1.54) is 18.3 Å². The van der Waals surface area contributed by atoms with Crippen LogP contribution in [0.4, 0.5) is 10.2 Å². The molecule has 9 nitrogen and oxygen atoms in total. The summed E-state index contributed by atoms with van der Waals surface area (Å²) in [7, 11) is 0. The number of carbonyl (C=O) groups is 2. The third kappa shape index (κ3) is 5.55. The zero-order chi connectivity index (χ0) is 24.2. The lowest BCUT2D eigenvalue weighted by Crippen LogP contribution is -2.42. The van der Waals surface area contributed by atoms with Gasteiger partial charge >= 0.3 is 0 Å². The monoisotopic (exact) mass is 478 g/mol. The third-order valence-electron chi connectivity index (χ3n) is 5.64. The van der Waals surface area contributed by atoms with E-state index in [-0.39, 0.29) is 23.4 Å². The van der Waals surface area contributed by atoms with Crippen molar-refractivity contribution in [2.75, 3.05) is 31.6 Å². The molecule has 0 radical (unpaired) electrons. The number of hydrogen-bond donors (Lipinski definition) is 1. The number of aromatic nitrogens is 2. The molecular formula is C25H23FN4O5. The first-order valence-corrected chi connectivity index (χ1v) is 11.3. The summed E-state index contributed by atoms with van der Waals surface area (Å²) in [4.78, 5) is 35.0. The van der Waals surface area contributed by atoms with Crippen molar-refractivity contribution in [3.05, 3.63) is 71.9 Å². The molecule has 180 valence electrons. The van der Waals surface area contributed by atoms with Crippen LogP contribution in [0.2, 0.25) is 0 Å². The number of carbonyl (C=O) groups excluding carboxylic acids is 2. The van der Waals surface area contributed by atoms with Gasteiger partial charge in [-0.1, -0.05) is 0 Å². The first-order chi connectivity index (χ1) is 17.0. The van der Waals surface area contributed by atoms with Crippen molar-refractivity contribution in [1.29, 1.82) is 0 Å². The minimum atomic E-state index is -0.501. The van der Waals surface area contributed by atoms with E-state index >= 15 is 0 Å². The highest BCUT2D eigenvalue weighted by molar-refractivity contribution is 6.04. The molecule has 2 aromatic heterocycles. The van der Waals surface area contributed by atoms with Crippen LogP contribution in [0, 0.1) is 5.82 Å². The van der Waals surface area contributed by atoms with Gasteiger partial charge in [0.1, 0.15) is 40.7 Å². The molecule has 2 aliphatic heterocycles. The first kappa shape index (κ1) is 22.7. The van der Waals surface area contributed by atoms with Crippen molar-refractivity contribution in [2.24, 2.45) is 0 Å². The summed E-state index contributed by atoms with van der Waals surface area (Å²) < 4.78 is 30.4. The largest absolute Gasteiger partial charge is 0.488 e. The molecule has 2 aliphatic rings. The van der Waals surface area contributed by atoms with E-state index < -0.39 is 11.7 Å². The average molecular weight is 478 g/mol. The standard InChI is InChI=1S/C25H23FN4O5/c26-17-2-5-23(28-13-17)29-24(31)16-10-20(12-21(11-16)35-19-6-9-33-15-19)34-18-3-4-22(27-14-18)25(32)30-7-1-8-30/h2-5,10-14,19H,1,6-9,15H2,(H,28,29,31)/t19-/m0/s1. The van der Waals surface area contributed by atoms with Crippen molar-refractivity contribution in [2.45, 2.75) is 18.9 Å². The van der Waals surface area contributed by atoms with Gasteiger partial charge in [0, 0.05) is 31.1 Å².